The minimum atomic E-state index is -0.145. The molecule has 0 bridgehead atoms. The first-order chi connectivity index (χ1) is 9.15. The number of carbonyl (C=O) groups is 1. The Morgan fingerprint density at radius 2 is 2.11 bits per heavy atom. The molecule has 102 valence electrons. The maximum atomic E-state index is 11.5. The van der Waals surface area contributed by atoms with Gasteiger partial charge in [-0.25, -0.2) is 0 Å². The predicted molar refractivity (Wildman–Crippen MR) is 72.8 cm³/mol. The molecule has 1 N–H and O–H groups in total. The van der Waals surface area contributed by atoms with E-state index in [9.17, 15) is 4.79 Å². The smallest absolute Gasteiger partial charge is 0.257 e. The average Bonchev–Trinajstić information content (AvgIpc) is 2.45. The van der Waals surface area contributed by atoms with Gasteiger partial charge in [0, 0.05) is 13.1 Å². The van der Waals surface area contributed by atoms with Crippen molar-refractivity contribution in [3.63, 3.8) is 0 Å². The van der Waals surface area contributed by atoms with Gasteiger partial charge in [-0.15, -0.1) is 0 Å². The molecule has 1 amide bonds. The van der Waals surface area contributed by atoms with Crippen molar-refractivity contribution in [3.05, 3.63) is 29.8 Å². The highest BCUT2D eigenvalue weighted by atomic mass is 16.5. The standard InChI is InChI=1S/C14H19N3O2/c1-3-17(2)9-8-16-14(18)11-19-13-6-4-12(10-15)5-7-13/h4-7H,3,8-9,11H2,1-2H3,(H,16,18). The highest BCUT2D eigenvalue weighted by molar-refractivity contribution is 5.77. The lowest BCUT2D eigenvalue weighted by molar-refractivity contribution is -0.123. The quantitative estimate of drug-likeness (QED) is 0.795. The molecule has 0 aliphatic heterocycles. The number of hydrogen-bond acceptors (Lipinski definition) is 4. The summed E-state index contributed by atoms with van der Waals surface area (Å²) in [5.74, 6) is 0.439. The molecule has 0 aliphatic carbocycles. The van der Waals surface area contributed by atoms with Gasteiger partial charge in [0.1, 0.15) is 5.75 Å². The third-order valence-electron chi connectivity index (χ3n) is 2.71. The molecular weight excluding hydrogens is 242 g/mol. The molecule has 0 radical (unpaired) electrons. The zero-order chi connectivity index (χ0) is 14.1. The number of amides is 1. The second kappa shape index (κ2) is 8.11. The molecule has 0 saturated carbocycles. The maximum Gasteiger partial charge on any atom is 0.257 e. The molecule has 19 heavy (non-hydrogen) atoms. The molecule has 0 fully saturated rings. The molecule has 5 heteroatoms. The van der Waals surface area contributed by atoms with Gasteiger partial charge in [0.2, 0.25) is 0 Å². The molecule has 0 spiro atoms. The zero-order valence-corrected chi connectivity index (χ0v) is 11.3. The summed E-state index contributed by atoms with van der Waals surface area (Å²) in [6, 6.07) is 8.69. The Bertz CT molecular complexity index is 437. The molecular formula is C14H19N3O2. The average molecular weight is 261 g/mol. The van der Waals surface area contributed by atoms with Crippen molar-refractivity contribution in [1.29, 1.82) is 5.26 Å². The molecule has 1 aromatic rings. The van der Waals surface area contributed by atoms with Gasteiger partial charge in [0.05, 0.1) is 11.6 Å². The fraction of sp³-hybridized carbons (Fsp3) is 0.429. The Labute approximate surface area is 113 Å². The molecule has 5 nitrogen and oxygen atoms in total. The van der Waals surface area contributed by atoms with E-state index < -0.39 is 0 Å². The van der Waals surface area contributed by atoms with Crippen molar-refractivity contribution >= 4 is 5.91 Å². The fourth-order valence-corrected chi connectivity index (χ4v) is 1.37. The van der Waals surface area contributed by atoms with Crippen LogP contribution < -0.4 is 10.1 Å². The van der Waals surface area contributed by atoms with E-state index in [0.29, 0.717) is 17.9 Å². The number of hydrogen-bond donors (Lipinski definition) is 1. The second-order valence-electron chi connectivity index (χ2n) is 4.17. The summed E-state index contributed by atoms with van der Waals surface area (Å²) in [6.45, 7) is 4.44. The van der Waals surface area contributed by atoms with E-state index in [-0.39, 0.29) is 12.5 Å². The van der Waals surface area contributed by atoms with Crippen LogP contribution in [-0.2, 0) is 4.79 Å². The number of nitrogens with zero attached hydrogens (tertiary/aromatic N) is 2. The number of nitriles is 1. The number of benzene rings is 1. The summed E-state index contributed by atoms with van der Waals surface area (Å²) in [5.41, 5.74) is 0.569. The van der Waals surface area contributed by atoms with Crippen LogP contribution in [0, 0.1) is 11.3 Å². The SMILES string of the molecule is CCN(C)CCNC(=O)COc1ccc(C#N)cc1. The summed E-state index contributed by atoms with van der Waals surface area (Å²) in [6.07, 6.45) is 0. The molecule has 1 aromatic carbocycles. The van der Waals surface area contributed by atoms with Crippen LogP contribution in [0.5, 0.6) is 5.75 Å². The van der Waals surface area contributed by atoms with Crippen LogP contribution >= 0.6 is 0 Å². The van der Waals surface area contributed by atoms with E-state index in [0.717, 1.165) is 13.1 Å². The van der Waals surface area contributed by atoms with E-state index in [1.807, 2.05) is 13.1 Å². The zero-order valence-electron chi connectivity index (χ0n) is 11.3. The summed E-state index contributed by atoms with van der Waals surface area (Å²) in [4.78, 5) is 13.6. The van der Waals surface area contributed by atoms with Gasteiger partial charge in [-0.1, -0.05) is 6.92 Å². The summed E-state index contributed by atoms with van der Waals surface area (Å²) in [5, 5.41) is 11.4. The van der Waals surface area contributed by atoms with Crippen LogP contribution in [0.3, 0.4) is 0 Å². The number of nitrogens with one attached hydrogen (secondary N) is 1. The van der Waals surface area contributed by atoms with Crippen LogP contribution in [0.1, 0.15) is 12.5 Å². The van der Waals surface area contributed by atoms with Crippen molar-refractivity contribution < 1.29 is 9.53 Å². The van der Waals surface area contributed by atoms with Crippen molar-refractivity contribution in [2.45, 2.75) is 6.92 Å². The molecule has 0 aromatic heterocycles. The molecule has 0 atom stereocenters. The number of likely N-dealkylation sites (N-methyl/N-ethyl adjacent to an activating group) is 1. The largest absolute Gasteiger partial charge is 0.484 e. The van der Waals surface area contributed by atoms with E-state index in [4.69, 9.17) is 10.00 Å². The van der Waals surface area contributed by atoms with Crippen LogP contribution in [0.2, 0.25) is 0 Å². The third kappa shape index (κ3) is 5.89. The minimum absolute atomic E-state index is 0.0122. The molecule has 0 unspecified atom stereocenters. The first-order valence-electron chi connectivity index (χ1n) is 6.24. The van der Waals surface area contributed by atoms with Crippen molar-refractivity contribution in [2.24, 2.45) is 0 Å². The van der Waals surface area contributed by atoms with Crippen LogP contribution in [0.15, 0.2) is 24.3 Å². The van der Waals surface area contributed by atoms with Crippen LogP contribution in [-0.4, -0.2) is 44.1 Å². The second-order valence-corrected chi connectivity index (χ2v) is 4.17. The highest BCUT2D eigenvalue weighted by Crippen LogP contribution is 2.10. The maximum absolute atomic E-state index is 11.5. The molecule has 0 saturated heterocycles. The summed E-state index contributed by atoms with van der Waals surface area (Å²) < 4.78 is 5.32. The van der Waals surface area contributed by atoms with Gasteiger partial charge in [0.25, 0.3) is 5.91 Å². The van der Waals surface area contributed by atoms with E-state index in [2.05, 4.69) is 17.1 Å². The van der Waals surface area contributed by atoms with E-state index in [1.165, 1.54) is 0 Å². The Morgan fingerprint density at radius 3 is 2.68 bits per heavy atom. The third-order valence-corrected chi connectivity index (χ3v) is 2.71. The Kier molecular flexibility index (Phi) is 6.41. The lowest BCUT2D eigenvalue weighted by Crippen LogP contribution is -2.35. The fourth-order valence-electron chi connectivity index (χ4n) is 1.37. The first-order valence-corrected chi connectivity index (χ1v) is 6.24. The predicted octanol–water partition coefficient (Wildman–Crippen LogP) is 1.00. The number of carbonyl (C=O) groups excluding carboxylic acids is 1. The summed E-state index contributed by atoms with van der Waals surface area (Å²) >= 11 is 0. The Hall–Kier alpha value is -2.06. The van der Waals surface area contributed by atoms with Crippen molar-refractivity contribution in [3.8, 4) is 11.8 Å². The van der Waals surface area contributed by atoms with E-state index in [1.54, 1.807) is 24.3 Å². The normalized spacial score (nSPS) is 10.0. The van der Waals surface area contributed by atoms with Gasteiger partial charge >= 0.3 is 0 Å². The van der Waals surface area contributed by atoms with Gasteiger partial charge in [-0.05, 0) is 37.9 Å². The minimum Gasteiger partial charge on any atom is -0.484 e. The highest BCUT2D eigenvalue weighted by Gasteiger charge is 2.03. The van der Waals surface area contributed by atoms with E-state index >= 15 is 0 Å². The lowest BCUT2D eigenvalue weighted by Gasteiger charge is -2.14. The van der Waals surface area contributed by atoms with Crippen LogP contribution in [0.4, 0.5) is 0 Å². The number of ether oxygens (including phenoxy) is 1. The van der Waals surface area contributed by atoms with Gasteiger partial charge < -0.3 is 15.0 Å². The van der Waals surface area contributed by atoms with Gasteiger partial charge in [-0.3, -0.25) is 4.79 Å². The Morgan fingerprint density at radius 1 is 1.42 bits per heavy atom. The van der Waals surface area contributed by atoms with Crippen molar-refractivity contribution in [2.75, 3.05) is 33.3 Å². The molecule has 0 heterocycles. The topological polar surface area (TPSA) is 65.4 Å². The monoisotopic (exact) mass is 261 g/mol. The first kappa shape index (κ1) is 15.0. The lowest BCUT2D eigenvalue weighted by atomic mass is 10.2. The molecule has 1 rings (SSSR count). The van der Waals surface area contributed by atoms with Crippen LogP contribution in [0.25, 0.3) is 0 Å². The Balaban J connectivity index is 2.24. The molecule has 0 aliphatic rings. The number of rotatable bonds is 7. The van der Waals surface area contributed by atoms with Crippen molar-refractivity contribution in [1.82, 2.24) is 10.2 Å². The summed E-state index contributed by atoms with van der Waals surface area (Å²) in [7, 11) is 2.00. The van der Waals surface area contributed by atoms with Gasteiger partial charge in [-0.2, -0.15) is 5.26 Å². The van der Waals surface area contributed by atoms with Gasteiger partial charge in [0.15, 0.2) is 6.61 Å².